The zero-order chi connectivity index (χ0) is 8.20. The Kier molecular flexibility index (Phi) is 3.32. The van der Waals surface area contributed by atoms with Gasteiger partial charge < -0.3 is 9.94 Å². The first-order valence-electron chi connectivity index (χ1n) is 3.03. The van der Waals surface area contributed by atoms with Gasteiger partial charge in [0.25, 0.3) is 0 Å². The molecule has 4 heteroatoms. The first-order chi connectivity index (χ1) is 4.54. The van der Waals surface area contributed by atoms with Crippen LogP contribution in [0.5, 0.6) is 0 Å². The highest BCUT2D eigenvalue weighted by molar-refractivity contribution is 5.75. The van der Waals surface area contributed by atoms with E-state index in [0.717, 1.165) is 0 Å². The van der Waals surface area contributed by atoms with Gasteiger partial charge in [-0.2, -0.15) is 5.48 Å². The largest absolute Gasteiger partial charge is 0.395 e. The molecule has 0 rings (SSSR count). The van der Waals surface area contributed by atoms with Crippen LogP contribution in [0.2, 0.25) is 0 Å². The number of aliphatic hydroxyl groups is 1. The van der Waals surface area contributed by atoms with Crippen molar-refractivity contribution in [3.8, 4) is 0 Å². The molecule has 0 aliphatic heterocycles. The van der Waals surface area contributed by atoms with E-state index in [1.807, 2.05) is 0 Å². The molecule has 0 bridgehead atoms. The summed E-state index contributed by atoms with van der Waals surface area (Å²) in [6.07, 6.45) is 0. The minimum absolute atomic E-state index is 0.215. The lowest BCUT2D eigenvalue weighted by atomic mass is 9.96. The van der Waals surface area contributed by atoms with Crippen LogP contribution < -0.4 is 5.48 Å². The van der Waals surface area contributed by atoms with Crippen LogP contribution in [-0.4, -0.2) is 24.7 Å². The quantitative estimate of drug-likeness (QED) is 0.537. The summed E-state index contributed by atoms with van der Waals surface area (Å²) in [6.45, 7) is 2.99. The van der Waals surface area contributed by atoms with Crippen molar-refractivity contribution in [2.45, 2.75) is 13.8 Å². The molecule has 0 amide bonds. The zero-order valence-electron chi connectivity index (χ0n) is 6.47. The Balaban J connectivity index is 3.91. The molecule has 2 N–H and O–H groups in total. The first-order valence-corrected chi connectivity index (χ1v) is 3.03. The van der Waals surface area contributed by atoms with Gasteiger partial charge in [-0.15, -0.1) is 0 Å². The summed E-state index contributed by atoms with van der Waals surface area (Å²) in [5.74, 6) is -0.461. The SMILES string of the molecule is CNOC(=O)C(C)(C)CO. The Labute approximate surface area is 60.1 Å². The van der Waals surface area contributed by atoms with E-state index in [1.165, 1.54) is 7.05 Å². The predicted molar refractivity (Wildman–Crippen MR) is 36.0 cm³/mol. The fourth-order valence-corrected chi connectivity index (χ4v) is 0.295. The molecule has 0 aromatic heterocycles. The van der Waals surface area contributed by atoms with E-state index in [4.69, 9.17) is 5.11 Å². The number of rotatable bonds is 3. The summed E-state index contributed by atoms with van der Waals surface area (Å²) in [7, 11) is 1.49. The minimum atomic E-state index is -0.816. The van der Waals surface area contributed by atoms with Crippen molar-refractivity contribution < 1.29 is 14.7 Å². The molecule has 0 aromatic rings. The average Bonchev–Trinajstić information content (AvgIpc) is 1.89. The van der Waals surface area contributed by atoms with Crippen molar-refractivity contribution >= 4 is 5.97 Å². The maximum absolute atomic E-state index is 10.9. The highest BCUT2D eigenvalue weighted by atomic mass is 16.7. The standard InChI is InChI=1S/C6H13NO3/c1-6(2,4-8)5(9)10-7-3/h7-8H,4H2,1-3H3. The number of hydroxylamine groups is 1. The monoisotopic (exact) mass is 147 g/mol. The number of nitrogens with one attached hydrogen (secondary N) is 1. The van der Waals surface area contributed by atoms with Crippen LogP contribution in [0, 0.1) is 5.41 Å². The molecule has 0 aliphatic rings. The van der Waals surface area contributed by atoms with Crippen molar-refractivity contribution in [1.29, 1.82) is 0 Å². The third-order valence-corrected chi connectivity index (χ3v) is 1.14. The topological polar surface area (TPSA) is 58.6 Å². The zero-order valence-corrected chi connectivity index (χ0v) is 6.47. The number of hydrogen-bond acceptors (Lipinski definition) is 4. The van der Waals surface area contributed by atoms with Crippen LogP contribution in [0.1, 0.15) is 13.8 Å². The molecule has 60 valence electrons. The third kappa shape index (κ3) is 2.33. The minimum Gasteiger partial charge on any atom is -0.395 e. The van der Waals surface area contributed by atoms with Gasteiger partial charge in [0.15, 0.2) is 0 Å². The van der Waals surface area contributed by atoms with Crippen molar-refractivity contribution in [2.75, 3.05) is 13.7 Å². The molecule has 0 aromatic carbocycles. The van der Waals surface area contributed by atoms with Gasteiger partial charge in [0, 0.05) is 7.05 Å². The van der Waals surface area contributed by atoms with Crippen LogP contribution in [0.15, 0.2) is 0 Å². The van der Waals surface area contributed by atoms with E-state index in [0.29, 0.717) is 0 Å². The molecule has 0 unspecified atom stereocenters. The van der Waals surface area contributed by atoms with Gasteiger partial charge in [-0.3, -0.25) is 0 Å². The van der Waals surface area contributed by atoms with Crippen LogP contribution in [0.3, 0.4) is 0 Å². The summed E-state index contributed by atoms with van der Waals surface area (Å²) >= 11 is 0. The fourth-order valence-electron chi connectivity index (χ4n) is 0.295. The van der Waals surface area contributed by atoms with Crippen LogP contribution in [0.4, 0.5) is 0 Å². The van der Waals surface area contributed by atoms with E-state index in [1.54, 1.807) is 13.8 Å². The molecular formula is C6H13NO3. The van der Waals surface area contributed by atoms with Crippen LogP contribution in [0.25, 0.3) is 0 Å². The van der Waals surface area contributed by atoms with Gasteiger partial charge >= 0.3 is 5.97 Å². The third-order valence-electron chi connectivity index (χ3n) is 1.14. The Morgan fingerprint density at radius 2 is 2.20 bits per heavy atom. The van der Waals surface area contributed by atoms with Crippen molar-refractivity contribution in [3.63, 3.8) is 0 Å². The van der Waals surface area contributed by atoms with Gasteiger partial charge in [0.2, 0.25) is 0 Å². The molecule has 0 saturated heterocycles. The molecule has 0 radical (unpaired) electrons. The second kappa shape index (κ2) is 3.53. The highest BCUT2D eigenvalue weighted by Crippen LogP contribution is 2.14. The Morgan fingerprint density at radius 3 is 2.50 bits per heavy atom. The van der Waals surface area contributed by atoms with Crippen molar-refractivity contribution in [1.82, 2.24) is 5.48 Å². The number of carbonyl (C=O) groups excluding carboxylic acids is 1. The molecule has 0 spiro atoms. The van der Waals surface area contributed by atoms with E-state index in [9.17, 15) is 4.79 Å². The summed E-state index contributed by atoms with van der Waals surface area (Å²) in [5.41, 5.74) is 1.43. The van der Waals surface area contributed by atoms with E-state index in [-0.39, 0.29) is 6.61 Å². The van der Waals surface area contributed by atoms with Gasteiger partial charge in [-0.1, -0.05) is 0 Å². The van der Waals surface area contributed by atoms with Gasteiger partial charge in [0.1, 0.15) is 0 Å². The predicted octanol–water partition coefficient (Wildman–Crippen LogP) is -0.318. The highest BCUT2D eigenvalue weighted by Gasteiger charge is 2.28. The lowest BCUT2D eigenvalue weighted by Crippen LogP contribution is -2.33. The second-order valence-electron chi connectivity index (χ2n) is 2.64. The molecule has 0 heterocycles. The summed E-state index contributed by atoms with van der Waals surface area (Å²) in [4.78, 5) is 15.3. The summed E-state index contributed by atoms with van der Waals surface area (Å²) < 4.78 is 0. The summed E-state index contributed by atoms with van der Waals surface area (Å²) in [5, 5.41) is 8.66. The maximum Gasteiger partial charge on any atom is 0.332 e. The first kappa shape index (κ1) is 9.39. The molecular weight excluding hydrogens is 134 g/mol. The number of hydrogen-bond donors (Lipinski definition) is 2. The van der Waals surface area contributed by atoms with E-state index < -0.39 is 11.4 Å². The van der Waals surface area contributed by atoms with E-state index >= 15 is 0 Å². The lowest BCUT2D eigenvalue weighted by molar-refractivity contribution is -0.162. The second-order valence-corrected chi connectivity index (χ2v) is 2.64. The van der Waals surface area contributed by atoms with Gasteiger partial charge in [-0.25, -0.2) is 4.79 Å². The smallest absolute Gasteiger partial charge is 0.332 e. The average molecular weight is 147 g/mol. The normalized spacial score (nSPS) is 11.2. The number of carbonyl (C=O) groups is 1. The molecule has 0 saturated carbocycles. The molecule has 0 atom stereocenters. The molecule has 0 fully saturated rings. The fraction of sp³-hybridized carbons (Fsp3) is 0.833. The molecule has 4 nitrogen and oxygen atoms in total. The summed E-state index contributed by atoms with van der Waals surface area (Å²) in [6, 6.07) is 0. The van der Waals surface area contributed by atoms with Crippen molar-refractivity contribution in [2.24, 2.45) is 5.41 Å². The van der Waals surface area contributed by atoms with Crippen LogP contribution in [-0.2, 0) is 9.63 Å². The maximum atomic E-state index is 10.9. The lowest BCUT2D eigenvalue weighted by Gasteiger charge is -2.17. The van der Waals surface area contributed by atoms with Gasteiger partial charge in [0.05, 0.1) is 12.0 Å². The van der Waals surface area contributed by atoms with Crippen LogP contribution >= 0.6 is 0 Å². The van der Waals surface area contributed by atoms with E-state index in [2.05, 4.69) is 10.3 Å². The molecule has 10 heavy (non-hydrogen) atoms. The molecule has 0 aliphatic carbocycles. The van der Waals surface area contributed by atoms with Crippen molar-refractivity contribution in [3.05, 3.63) is 0 Å². The number of aliphatic hydroxyl groups excluding tert-OH is 1. The Hall–Kier alpha value is -0.610. The Morgan fingerprint density at radius 1 is 1.70 bits per heavy atom. The Bertz CT molecular complexity index is 122. The van der Waals surface area contributed by atoms with Gasteiger partial charge in [-0.05, 0) is 13.8 Å².